The molecule has 0 bridgehead atoms. The molecule has 2 aromatic carbocycles. The molecule has 4 heteroatoms. The highest BCUT2D eigenvalue weighted by molar-refractivity contribution is 6.17. The zero-order valence-electron chi connectivity index (χ0n) is 11.7. The molecule has 1 aliphatic rings. The molecule has 2 aromatic rings. The normalized spacial score (nSPS) is 15.9. The fraction of sp³-hybridized carbons (Fsp3) is 0.353. The van der Waals surface area contributed by atoms with Crippen molar-refractivity contribution >= 4 is 28.3 Å². The number of rotatable bonds is 5. The first-order valence-electron chi connectivity index (χ1n) is 7.20. The number of carbonyl (C=O) groups is 1. The van der Waals surface area contributed by atoms with Crippen LogP contribution in [0, 0.1) is 5.41 Å². The van der Waals surface area contributed by atoms with Gasteiger partial charge in [0.1, 0.15) is 5.75 Å². The highest BCUT2D eigenvalue weighted by Crippen LogP contribution is 2.48. The Labute approximate surface area is 128 Å². The number of phenols is 1. The summed E-state index contributed by atoms with van der Waals surface area (Å²) in [5, 5.41) is 14.8. The van der Waals surface area contributed by atoms with E-state index in [1.807, 2.05) is 30.3 Å². The summed E-state index contributed by atoms with van der Waals surface area (Å²) >= 11 is 5.80. The van der Waals surface area contributed by atoms with Crippen LogP contribution in [0.4, 0.5) is 0 Å². The van der Waals surface area contributed by atoms with Crippen molar-refractivity contribution < 1.29 is 9.90 Å². The summed E-state index contributed by atoms with van der Waals surface area (Å²) < 4.78 is 0. The van der Waals surface area contributed by atoms with Crippen LogP contribution in [0.3, 0.4) is 0 Å². The van der Waals surface area contributed by atoms with Gasteiger partial charge >= 0.3 is 0 Å². The molecule has 0 aliphatic heterocycles. The monoisotopic (exact) mass is 303 g/mol. The lowest BCUT2D eigenvalue weighted by molar-refractivity contribution is 0.0942. The Morgan fingerprint density at radius 1 is 1.24 bits per heavy atom. The van der Waals surface area contributed by atoms with Crippen LogP contribution in [0.15, 0.2) is 36.4 Å². The Morgan fingerprint density at radius 2 is 2.00 bits per heavy atom. The number of benzene rings is 2. The van der Waals surface area contributed by atoms with Gasteiger partial charge in [0.2, 0.25) is 0 Å². The van der Waals surface area contributed by atoms with Crippen LogP contribution in [0.25, 0.3) is 10.8 Å². The van der Waals surface area contributed by atoms with Crippen molar-refractivity contribution in [3.8, 4) is 5.75 Å². The molecule has 0 heterocycles. The van der Waals surface area contributed by atoms with Crippen LogP contribution in [0.5, 0.6) is 5.75 Å². The summed E-state index contributed by atoms with van der Waals surface area (Å²) in [4.78, 5) is 12.3. The number of hydrogen-bond donors (Lipinski definition) is 2. The summed E-state index contributed by atoms with van der Waals surface area (Å²) in [5.41, 5.74) is 0.513. The molecule has 110 valence electrons. The number of amides is 1. The molecular formula is C17H18ClNO2. The summed E-state index contributed by atoms with van der Waals surface area (Å²) in [5.74, 6) is 0.448. The van der Waals surface area contributed by atoms with Gasteiger partial charge in [-0.25, -0.2) is 0 Å². The minimum Gasteiger partial charge on any atom is -0.506 e. The third-order valence-corrected chi connectivity index (χ3v) is 4.54. The Morgan fingerprint density at radius 3 is 2.71 bits per heavy atom. The van der Waals surface area contributed by atoms with E-state index in [0.29, 0.717) is 23.4 Å². The summed E-state index contributed by atoms with van der Waals surface area (Å²) in [6.45, 7) is 0.630. The lowest BCUT2D eigenvalue weighted by atomic mass is 10.0. The standard InChI is InChI=1S/C17H18ClNO2/c18-10-9-17(7-8-17)11-19-16(21)14-6-5-12-3-1-2-4-13(12)15(14)20/h1-6,20H,7-11H2,(H,19,21). The highest BCUT2D eigenvalue weighted by Gasteiger charge is 2.41. The average Bonchev–Trinajstić information content (AvgIpc) is 3.26. The molecule has 21 heavy (non-hydrogen) atoms. The van der Waals surface area contributed by atoms with E-state index in [0.717, 1.165) is 24.6 Å². The number of nitrogens with one attached hydrogen (secondary N) is 1. The first-order valence-corrected chi connectivity index (χ1v) is 7.74. The van der Waals surface area contributed by atoms with E-state index in [9.17, 15) is 9.90 Å². The highest BCUT2D eigenvalue weighted by atomic mass is 35.5. The Bertz CT molecular complexity index is 680. The van der Waals surface area contributed by atoms with Crippen LogP contribution in [0.1, 0.15) is 29.6 Å². The van der Waals surface area contributed by atoms with Gasteiger partial charge in [0.25, 0.3) is 5.91 Å². The second-order valence-electron chi connectivity index (χ2n) is 5.80. The first kappa shape index (κ1) is 14.2. The van der Waals surface area contributed by atoms with E-state index in [1.54, 1.807) is 6.07 Å². The van der Waals surface area contributed by atoms with E-state index >= 15 is 0 Å². The van der Waals surface area contributed by atoms with Crippen LogP contribution in [-0.2, 0) is 0 Å². The van der Waals surface area contributed by atoms with Gasteiger partial charge in [-0.05, 0) is 36.1 Å². The summed E-state index contributed by atoms with van der Waals surface area (Å²) in [7, 11) is 0. The number of aromatic hydroxyl groups is 1. The Balaban J connectivity index is 1.77. The third-order valence-electron chi connectivity index (χ3n) is 4.35. The predicted molar refractivity (Wildman–Crippen MR) is 85.0 cm³/mol. The second kappa shape index (κ2) is 5.57. The van der Waals surface area contributed by atoms with Crippen molar-refractivity contribution in [2.24, 2.45) is 5.41 Å². The van der Waals surface area contributed by atoms with Crippen molar-refractivity contribution in [2.75, 3.05) is 12.4 Å². The van der Waals surface area contributed by atoms with Gasteiger partial charge in [0.15, 0.2) is 0 Å². The van der Waals surface area contributed by atoms with Gasteiger partial charge in [-0.2, -0.15) is 0 Å². The minimum absolute atomic E-state index is 0.0489. The minimum atomic E-state index is -0.223. The molecule has 0 atom stereocenters. The quantitative estimate of drug-likeness (QED) is 0.828. The number of alkyl halides is 1. The SMILES string of the molecule is O=C(NCC1(CCCl)CC1)c1ccc2ccccc2c1O. The topological polar surface area (TPSA) is 49.3 Å². The number of hydrogen-bond acceptors (Lipinski definition) is 2. The molecule has 0 aromatic heterocycles. The molecule has 1 fully saturated rings. The number of phenolic OH excluding ortho intramolecular Hbond substituents is 1. The lowest BCUT2D eigenvalue weighted by Gasteiger charge is -2.15. The van der Waals surface area contributed by atoms with Gasteiger partial charge in [-0.15, -0.1) is 11.6 Å². The van der Waals surface area contributed by atoms with Gasteiger partial charge in [0, 0.05) is 17.8 Å². The molecular weight excluding hydrogens is 286 g/mol. The van der Waals surface area contributed by atoms with Crippen LogP contribution in [-0.4, -0.2) is 23.4 Å². The molecule has 3 nitrogen and oxygen atoms in total. The Kier molecular flexibility index (Phi) is 3.77. The van der Waals surface area contributed by atoms with E-state index in [2.05, 4.69) is 5.32 Å². The maximum Gasteiger partial charge on any atom is 0.255 e. The maximum absolute atomic E-state index is 12.3. The summed E-state index contributed by atoms with van der Waals surface area (Å²) in [6, 6.07) is 11.0. The zero-order valence-corrected chi connectivity index (χ0v) is 12.5. The predicted octanol–water partition coefficient (Wildman–Crippen LogP) is 3.68. The number of halogens is 1. The zero-order chi connectivity index (χ0) is 14.9. The maximum atomic E-state index is 12.3. The first-order chi connectivity index (χ1) is 10.2. The van der Waals surface area contributed by atoms with E-state index in [1.165, 1.54) is 0 Å². The Hall–Kier alpha value is -1.74. The van der Waals surface area contributed by atoms with E-state index < -0.39 is 0 Å². The van der Waals surface area contributed by atoms with E-state index in [-0.39, 0.29) is 17.1 Å². The van der Waals surface area contributed by atoms with Crippen molar-refractivity contribution in [3.63, 3.8) is 0 Å². The van der Waals surface area contributed by atoms with Gasteiger partial charge in [-0.3, -0.25) is 4.79 Å². The fourth-order valence-corrected chi connectivity index (χ4v) is 3.09. The van der Waals surface area contributed by atoms with Gasteiger partial charge < -0.3 is 10.4 Å². The summed E-state index contributed by atoms with van der Waals surface area (Å²) in [6.07, 6.45) is 3.16. The van der Waals surface area contributed by atoms with Crippen molar-refractivity contribution in [1.82, 2.24) is 5.32 Å². The van der Waals surface area contributed by atoms with E-state index in [4.69, 9.17) is 11.6 Å². The molecule has 0 unspecified atom stereocenters. The second-order valence-corrected chi connectivity index (χ2v) is 6.18. The molecule has 0 radical (unpaired) electrons. The van der Waals surface area contributed by atoms with Gasteiger partial charge in [-0.1, -0.05) is 30.3 Å². The third kappa shape index (κ3) is 2.84. The van der Waals surface area contributed by atoms with Crippen molar-refractivity contribution in [3.05, 3.63) is 42.0 Å². The molecule has 3 rings (SSSR count). The number of carbonyl (C=O) groups excluding carboxylic acids is 1. The smallest absolute Gasteiger partial charge is 0.255 e. The molecule has 2 N–H and O–H groups in total. The van der Waals surface area contributed by atoms with Crippen LogP contribution >= 0.6 is 11.6 Å². The lowest BCUT2D eigenvalue weighted by Crippen LogP contribution is -2.30. The van der Waals surface area contributed by atoms with Crippen LogP contribution in [0.2, 0.25) is 0 Å². The van der Waals surface area contributed by atoms with Crippen molar-refractivity contribution in [2.45, 2.75) is 19.3 Å². The largest absolute Gasteiger partial charge is 0.506 e. The molecule has 1 amide bonds. The van der Waals surface area contributed by atoms with Gasteiger partial charge in [0.05, 0.1) is 5.56 Å². The fourth-order valence-electron chi connectivity index (χ4n) is 2.69. The molecule has 0 spiro atoms. The molecule has 1 saturated carbocycles. The number of fused-ring (bicyclic) bond motifs is 1. The van der Waals surface area contributed by atoms with Crippen LogP contribution < -0.4 is 5.32 Å². The van der Waals surface area contributed by atoms with Crippen molar-refractivity contribution in [1.29, 1.82) is 0 Å². The molecule has 1 aliphatic carbocycles. The average molecular weight is 304 g/mol. The molecule has 0 saturated heterocycles.